The van der Waals surface area contributed by atoms with E-state index < -0.39 is 10.0 Å². The number of nitrogens with two attached hydrogens (primary N) is 1. The minimum atomic E-state index is -3.29. The molecule has 1 aromatic carbocycles. The van der Waals surface area contributed by atoms with Gasteiger partial charge in [0.05, 0.1) is 5.75 Å². The van der Waals surface area contributed by atoms with Crippen LogP contribution in [0.15, 0.2) is 24.3 Å². The zero-order valence-electron chi connectivity index (χ0n) is 11.4. The fourth-order valence-electron chi connectivity index (χ4n) is 1.77. The number of hydrogen-bond donors (Lipinski definition) is 2. The van der Waals surface area contributed by atoms with E-state index in [4.69, 9.17) is 5.73 Å². The molecule has 0 spiro atoms. The Morgan fingerprint density at radius 1 is 1.37 bits per heavy atom. The van der Waals surface area contributed by atoms with E-state index in [1.54, 1.807) is 11.8 Å². The minimum Gasteiger partial charge on any atom is -0.326 e. The molecule has 0 aliphatic heterocycles. The Bertz CT molecular complexity index is 489. The van der Waals surface area contributed by atoms with E-state index in [1.165, 1.54) is 0 Å². The summed E-state index contributed by atoms with van der Waals surface area (Å²) in [5.74, 6) is 0.955. The molecule has 108 valence electrons. The van der Waals surface area contributed by atoms with Crippen molar-refractivity contribution in [2.45, 2.75) is 31.7 Å². The highest BCUT2D eigenvalue weighted by Gasteiger charge is 2.15. The zero-order valence-corrected chi connectivity index (χ0v) is 13.1. The van der Waals surface area contributed by atoms with Gasteiger partial charge in [-0.05, 0) is 36.5 Å². The lowest BCUT2D eigenvalue weighted by Gasteiger charge is -2.14. The smallest absolute Gasteiger partial charge is 0.216 e. The number of benzene rings is 1. The van der Waals surface area contributed by atoms with Crippen LogP contribution in [0, 0.1) is 0 Å². The van der Waals surface area contributed by atoms with E-state index >= 15 is 0 Å². The van der Waals surface area contributed by atoms with Crippen molar-refractivity contribution in [3.63, 3.8) is 0 Å². The molecule has 19 heavy (non-hydrogen) atoms. The summed E-state index contributed by atoms with van der Waals surface area (Å²) in [6.07, 6.45) is 2.85. The van der Waals surface area contributed by atoms with Crippen molar-refractivity contribution in [3.8, 4) is 0 Å². The fourth-order valence-corrected chi connectivity index (χ4v) is 3.79. The predicted octanol–water partition coefficient (Wildman–Crippen LogP) is 1.71. The second-order valence-electron chi connectivity index (χ2n) is 4.58. The third-order valence-electron chi connectivity index (χ3n) is 2.72. The molecule has 0 amide bonds. The average Bonchev–Trinajstić information content (AvgIpc) is 2.35. The van der Waals surface area contributed by atoms with Gasteiger partial charge < -0.3 is 5.73 Å². The SMILES string of the molecule is CSCCC(C)NS(=O)(=O)Cc1cccc(CN)c1. The average molecular weight is 302 g/mol. The molecule has 0 heterocycles. The molecular weight excluding hydrogens is 280 g/mol. The molecule has 0 saturated carbocycles. The third kappa shape index (κ3) is 6.42. The largest absolute Gasteiger partial charge is 0.326 e. The van der Waals surface area contributed by atoms with Crippen molar-refractivity contribution >= 4 is 21.8 Å². The van der Waals surface area contributed by atoms with Crippen LogP contribution in [0.1, 0.15) is 24.5 Å². The molecule has 0 aliphatic rings. The molecule has 0 aliphatic carbocycles. The third-order valence-corrected chi connectivity index (χ3v) is 4.84. The van der Waals surface area contributed by atoms with E-state index in [0.29, 0.717) is 6.54 Å². The van der Waals surface area contributed by atoms with Gasteiger partial charge in [0.2, 0.25) is 10.0 Å². The summed E-state index contributed by atoms with van der Waals surface area (Å²) < 4.78 is 26.8. The van der Waals surface area contributed by atoms with Gasteiger partial charge in [-0.25, -0.2) is 13.1 Å². The zero-order chi connectivity index (χ0) is 14.3. The summed E-state index contributed by atoms with van der Waals surface area (Å²) in [5, 5.41) is 0. The van der Waals surface area contributed by atoms with E-state index in [1.807, 2.05) is 37.4 Å². The summed E-state index contributed by atoms with van der Waals surface area (Å²) in [6, 6.07) is 7.35. The van der Waals surface area contributed by atoms with Crippen LogP contribution >= 0.6 is 11.8 Å². The summed E-state index contributed by atoms with van der Waals surface area (Å²) in [4.78, 5) is 0. The van der Waals surface area contributed by atoms with Gasteiger partial charge in [0, 0.05) is 12.6 Å². The van der Waals surface area contributed by atoms with E-state index in [0.717, 1.165) is 23.3 Å². The standard InChI is InChI=1S/C13H22N2O2S2/c1-11(6-7-18-2)15-19(16,17)10-13-5-3-4-12(8-13)9-14/h3-5,8,11,15H,6-7,9-10,14H2,1-2H3. The Balaban J connectivity index is 2.63. The molecule has 4 nitrogen and oxygen atoms in total. The van der Waals surface area contributed by atoms with E-state index in [9.17, 15) is 8.42 Å². The van der Waals surface area contributed by atoms with Crippen LogP contribution in [0.4, 0.5) is 0 Å². The van der Waals surface area contributed by atoms with Crippen molar-refractivity contribution in [2.75, 3.05) is 12.0 Å². The van der Waals surface area contributed by atoms with Crippen molar-refractivity contribution < 1.29 is 8.42 Å². The quantitative estimate of drug-likeness (QED) is 0.767. The Kier molecular flexibility index (Phi) is 6.85. The highest BCUT2D eigenvalue weighted by atomic mass is 32.2. The maximum Gasteiger partial charge on any atom is 0.216 e. The molecule has 0 radical (unpaired) electrons. The van der Waals surface area contributed by atoms with Crippen LogP contribution in [-0.4, -0.2) is 26.5 Å². The van der Waals surface area contributed by atoms with Crippen molar-refractivity contribution in [3.05, 3.63) is 35.4 Å². The molecule has 1 atom stereocenters. The lowest BCUT2D eigenvalue weighted by molar-refractivity contribution is 0.556. The Labute approximate surface area is 120 Å². The summed E-state index contributed by atoms with van der Waals surface area (Å²) in [6.45, 7) is 2.31. The topological polar surface area (TPSA) is 72.2 Å². The highest BCUT2D eigenvalue weighted by Crippen LogP contribution is 2.09. The highest BCUT2D eigenvalue weighted by molar-refractivity contribution is 7.98. The van der Waals surface area contributed by atoms with Crippen LogP contribution in [-0.2, 0) is 22.3 Å². The molecule has 1 unspecified atom stereocenters. The van der Waals surface area contributed by atoms with Gasteiger partial charge in [-0.15, -0.1) is 0 Å². The molecule has 0 fully saturated rings. The monoisotopic (exact) mass is 302 g/mol. The normalized spacial score (nSPS) is 13.4. The van der Waals surface area contributed by atoms with Gasteiger partial charge >= 0.3 is 0 Å². The van der Waals surface area contributed by atoms with Crippen molar-refractivity contribution in [2.24, 2.45) is 5.73 Å². The fraction of sp³-hybridized carbons (Fsp3) is 0.538. The molecule has 0 saturated heterocycles. The number of thioether (sulfide) groups is 1. The van der Waals surface area contributed by atoms with Crippen LogP contribution in [0.2, 0.25) is 0 Å². The number of rotatable bonds is 8. The van der Waals surface area contributed by atoms with Crippen LogP contribution in [0.3, 0.4) is 0 Å². The van der Waals surface area contributed by atoms with Crippen LogP contribution in [0.25, 0.3) is 0 Å². The second-order valence-corrected chi connectivity index (χ2v) is 7.32. The number of nitrogens with one attached hydrogen (secondary N) is 1. The number of sulfonamides is 1. The molecule has 3 N–H and O–H groups in total. The van der Waals surface area contributed by atoms with Gasteiger partial charge in [0.25, 0.3) is 0 Å². The first-order valence-electron chi connectivity index (χ1n) is 6.23. The second kappa shape index (κ2) is 7.89. The maximum atomic E-state index is 12.0. The molecule has 1 rings (SSSR count). The maximum absolute atomic E-state index is 12.0. The predicted molar refractivity (Wildman–Crippen MR) is 82.6 cm³/mol. The lowest BCUT2D eigenvalue weighted by Crippen LogP contribution is -2.33. The van der Waals surface area contributed by atoms with Crippen LogP contribution in [0.5, 0.6) is 0 Å². The summed E-state index contributed by atoms with van der Waals surface area (Å²) >= 11 is 1.72. The van der Waals surface area contributed by atoms with Gasteiger partial charge in [-0.3, -0.25) is 0 Å². The van der Waals surface area contributed by atoms with E-state index in [-0.39, 0.29) is 11.8 Å². The first-order chi connectivity index (χ1) is 8.96. The van der Waals surface area contributed by atoms with Gasteiger partial charge in [0.15, 0.2) is 0 Å². The van der Waals surface area contributed by atoms with Crippen molar-refractivity contribution in [1.82, 2.24) is 4.72 Å². The lowest BCUT2D eigenvalue weighted by atomic mass is 10.1. The van der Waals surface area contributed by atoms with Crippen LogP contribution < -0.4 is 10.5 Å². The van der Waals surface area contributed by atoms with E-state index in [2.05, 4.69) is 4.72 Å². The van der Waals surface area contributed by atoms with Crippen molar-refractivity contribution in [1.29, 1.82) is 0 Å². The first kappa shape index (κ1) is 16.5. The first-order valence-corrected chi connectivity index (χ1v) is 9.28. The molecular formula is C13H22N2O2S2. The molecule has 0 bridgehead atoms. The van der Waals surface area contributed by atoms with Gasteiger partial charge in [0.1, 0.15) is 0 Å². The minimum absolute atomic E-state index is 0.00441. The molecule has 0 aromatic heterocycles. The summed E-state index contributed by atoms with van der Waals surface area (Å²) in [7, 11) is -3.29. The van der Waals surface area contributed by atoms with Gasteiger partial charge in [-0.1, -0.05) is 24.3 Å². The number of hydrogen-bond acceptors (Lipinski definition) is 4. The molecule has 1 aromatic rings. The Morgan fingerprint density at radius 2 is 2.05 bits per heavy atom. The Morgan fingerprint density at radius 3 is 2.68 bits per heavy atom. The molecule has 6 heteroatoms. The van der Waals surface area contributed by atoms with Gasteiger partial charge in [-0.2, -0.15) is 11.8 Å². The Hall–Kier alpha value is -0.560. The summed E-state index contributed by atoms with van der Waals surface area (Å²) in [5.41, 5.74) is 7.27.